The van der Waals surface area contributed by atoms with E-state index in [0.717, 1.165) is 0 Å². The first-order valence-corrected chi connectivity index (χ1v) is 9.56. The minimum absolute atomic E-state index is 0.122. The molecule has 0 heterocycles. The SMILES string of the molecule is COc1ccc(C(=O)Nc2c(Cl)cc(Cl)cc2C(=O)Nc2cccc(OC)c2)cc1. The van der Waals surface area contributed by atoms with Crippen LogP contribution in [0.1, 0.15) is 20.7 Å². The zero-order chi connectivity index (χ0) is 21.7. The van der Waals surface area contributed by atoms with E-state index in [2.05, 4.69) is 10.6 Å². The molecule has 0 aliphatic carbocycles. The van der Waals surface area contributed by atoms with E-state index in [9.17, 15) is 9.59 Å². The Kier molecular flexibility index (Phi) is 6.82. The van der Waals surface area contributed by atoms with Crippen LogP contribution in [-0.4, -0.2) is 26.0 Å². The lowest BCUT2D eigenvalue weighted by atomic mass is 10.1. The second kappa shape index (κ2) is 9.52. The first-order chi connectivity index (χ1) is 14.4. The molecule has 0 radical (unpaired) electrons. The predicted octanol–water partition coefficient (Wildman–Crippen LogP) is 5.52. The second-order valence-electron chi connectivity index (χ2n) is 6.18. The Labute approximate surface area is 183 Å². The maximum absolute atomic E-state index is 12.9. The number of ether oxygens (including phenoxy) is 2. The molecule has 3 rings (SSSR count). The molecule has 0 saturated carbocycles. The van der Waals surface area contributed by atoms with Gasteiger partial charge in [-0.2, -0.15) is 0 Å². The number of carbonyl (C=O) groups is 2. The van der Waals surface area contributed by atoms with Crippen molar-refractivity contribution >= 4 is 46.4 Å². The Morgan fingerprint density at radius 3 is 2.17 bits per heavy atom. The Hall–Kier alpha value is -3.22. The number of hydrogen-bond donors (Lipinski definition) is 2. The quantitative estimate of drug-likeness (QED) is 0.524. The molecule has 0 saturated heterocycles. The van der Waals surface area contributed by atoms with Gasteiger partial charge in [-0.05, 0) is 48.5 Å². The fourth-order valence-electron chi connectivity index (χ4n) is 2.71. The van der Waals surface area contributed by atoms with Crippen molar-refractivity contribution in [3.63, 3.8) is 0 Å². The molecule has 0 spiro atoms. The molecule has 2 N–H and O–H groups in total. The van der Waals surface area contributed by atoms with E-state index in [0.29, 0.717) is 22.7 Å². The normalized spacial score (nSPS) is 10.3. The Bertz CT molecular complexity index is 1080. The molecule has 6 nitrogen and oxygen atoms in total. The number of nitrogens with one attached hydrogen (secondary N) is 2. The van der Waals surface area contributed by atoms with Gasteiger partial charge in [-0.1, -0.05) is 29.3 Å². The molecule has 30 heavy (non-hydrogen) atoms. The summed E-state index contributed by atoms with van der Waals surface area (Å²) in [6, 6.07) is 16.3. The predicted molar refractivity (Wildman–Crippen MR) is 118 cm³/mol. The number of anilines is 2. The maximum atomic E-state index is 12.9. The van der Waals surface area contributed by atoms with E-state index >= 15 is 0 Å². The third kappa shape index (κ3) is 5.03. The number of halogens is 2. The summed E-state index contributed by atoms with van der Waals surface area (Å²) >= 11 is 12.4. The lowest BCUT2D eigenvalue weighted by Crippen LogP contribution is -2.19. The maximum Gasteiger partial charge on any atom is 0.257 e. The van der Waals surface area contributed by atoms with Crippen LogP contribution in [0.15, 0.2) is 60.7 Å². The van der Waals surface area contributed by atoms with Crippen molar-refractivity contribution in [2.45, 2.75) is 0 Å². The van der Waals surface area contributed by atoms with Gasteiger partial charge >= 0.3 is 0 Å². The van der Waals surface area contributed by atoms with Gasteiger partial charge in [0.15, 0.2) is 0 Å². The van der Waals surface area contributed by atoms with E-state index in [-0.39, 0.29) is 21.3 Å². The van der Waals surface area contributed by atoms with Crippen molar-refractivity contribution in [3.05, 3.63) is 81.8 Å². The first-order valence-electron chi connectivity index (χ1n) is 8.81. The highest BCUT2D eigenvalue weighted by atomic mass is 35.5. The summed E-state index contributed by atoms with van der Waals surface area (Å²) in [6.07, 6.45) is 0. The van der Waals surface area contributed by atoms with Crippen LogP contribution in [0.25, 0.3) is 0 Å². The van der Waals surface area contributed by atoms with E-state index in [1.165, 1.54) is 26.4 Å². The molecule has 0 aromatic heterocycles. The average molecular weight is 445 g/mol. The number of methoxy groups -OCH3 is 2. The van der Waals surface area contributed by atoms with Crippen LogP contribution in [0.2, 0.25) is 10.0 Å². The fourth-order valence-corrected chi connectivity index (χ4v) is 3.25. The summed E-state index contributed by atoms with van der Waals surface area (Å²) in [5.41, 5.74) is 1.17. The third-order valence-electron chi connectivity index (χ3n) is 4.22. The number of amides is 2. The Morgan fingerprint density at radius 1 is 0.800 bits per heavy atom. The summed E-state index contributed by atoms with van der Waals surface area (Å²) in [7, 11) is 3.07. The largest absolute Gasteiger partial charge is 0.497 e. The van der Waals surface area contributed by atoms with Gasteiger partial charge in [0.2, 0.25) is 0 Å². The summed E-state index contributed by atoms with van der Waals surface area (Å²) < 4.78 is 10.3. The first kappa shape index (κ1) is 21.5. The van der Waals surface area contributed by atoms with Crippen molar-refractivity contribution in [3.8, 4) is 11.5 Å². The minimum Gasteiger partial charge on any atom is -0.497 e. The van der Waals surface area contributed by atoms with Gasteiger partial charge in [0.1, 0.15) is 11.5 Å². The van der Waals surface area contributed by atoms with Gasteiger partial charge < -0.3 is 20.1 Å². The van der Waals surface area contributed by atoms with Gasteiger partial charge in [0.05, 0.1) is 30.5 Å². The van der Waals surface area contributed by atoms with E-state index in [1.807, 2.05) is 0 Å². The van der Waals surface area contributed by atoms with Crippen molar-refractivity contribution in [1.82, 2.24) is 0 Å². The summed E-state index contributed by atoms with van der Waals surface area (Å²) in [4.78, 5) is 25.6. The lowest BCUT2D eigenvalue weighted by Gasteiger charge is -2.14. The average Bonchev–Trinajstić information content (AvgIpc) is 2.75. The van der Waals surface area contributed by atoms with Crippen LogP contribution in [0, 0.1) is 0 Å². The Morgan fingerprint density at radius 2 is 1.50 bits per heavy atom. The number of rotatable bonds is 6. The highest BCUT2D eigenvalue weighted by Gasteiger charge is 2.19. The summed E-state index contributed by atoms with van der Waals surface area (Å²) in [5.74, 6) is 0.286. The van der Waals surface area contributed by atoms with E-state index < -0.39 is 11.8 Å². The van der Waals surface area contributed by atoms with Crippen LogP contribution in [-0.2, 0) is 0 Å². The molecule has 0 aliphatic rings. The minimum atomic E-state index is -0.488. The molecule has 0 aliphatic heterocycles. The topological polar surface area (TPSA) is 76.7 Å². The molecule has 154 valence electrons. The van der Waals surface area contributed by atoms with Gasteiger partial charge in [0.25, 0.3) is 11.8 Å². The number of hydrogen-bond acceptors (Lipinski definition) is 4. The van der Waals surface area contributed by atoms with Crippen molar-refractivity contribution in [2.75, 3.05) is 24.9 Å². The molecule has 0 unspecified atom stereocenters. The van der Waals surface area contributed by atoms with Gasteiger partial charge in [0, 0.05) is 22.3 Å². The molecule has 0 atom stereocenters. The van der Waals surface area contributed by atoms with Crippen LogP contribution in [0.4, 0.5) is 11.4 Å². The lowest BCUT2D eigenvalue weighted by molar-refractivity contribution is 0.102. The Balaban J connectivity index is 1.89. The summed E-state index contributed by atoms with van der Waals surface area (Å²) in [6.45, 7) is 0. The zero-order valence-corrected chi connectivity index (χ0v) is 17.7. The number of benzene rings is 3. The number of carbonyl (C=O) groups excluding carboxylic acids is 2. The van der Waals surface area contributed by atoms with Crippen LogP contribution in [0.3, 0.4) is 0 Å². The zero-order valence-electron chi connectivity index (χ0n) is 16.2. The molecule has 8 heteroatoms. The van der Waals surface area contributed by atoms with E-state index in [4.69, 9.17) is 32.7 Å². The van der Waals surface area contributed by atoms with Gasteiger partial charge in [-0.15, -0.1) is 0 Å². The third-order valence-corrected chi connectivity index (χ3v) is 4.73. The molecule has 3 aromatic carbocycles. The van der Waals surface area contributed by atoms with Crippen LogP contribution in [0.5, 0.6) is 11.5 Å². The van der Waals surface area contributed by atoms with Crippen molar-refractivity contribution < 1.29 is 19.1 Å². The molecule has 3 aromatic rings. The van der Waals surface area contributed by atoms with Gasteiger partial charge in [-0.25, -0.2) is 0 Å². The van der Waals surface area contributed by atoms with Crippen molar-refractivity contribution in [2.24, 2.45) is 0 Å². The molecular weight excluding hydrogens is 427 g/mol. The second-order valence-corrected chi connectivity index (χ2v) is 7.02. The van der Waals surface area contributed by atoms with Crippen LogP contribution < -0.4 is 20.1 Å². The van der Waals surface area contributed by atoms with E-state index in [1.54, 1.807) is 48.5 Å². The molecular formula is C22H18Cl2N2O4. The van der Waals surface area contributed by atoms with Crippen LogP contribution >= 0.6 is 23.2 Å². The standard InChI is InChI=1S/C22H18Cl2N2O4/c1-29-16-8-6-13(7-9-16)21(27)26-20-18(10-14(23)11-19(20)24)22(28)25-15-4-3-5-17(12-15)30-2/h3-12H,1-2H3,(H,25,28)(H,26,27). The van der Waals surface area contributed by atoms with Crippen molar-refractivity contribution in [1.29, 1.82) is 0 Å². The summed E-state index contributed by atoms with van der Waals surface area (Å²) in [5, 5.41) is 5.85. The van der Waals surface area contributed by atoms with Gasteiger partial charge in [-0.3, -0.25) is 9.59 Å². The highest BCUT2D eigenvalue weighted by Crippen LogP contribution is 2.31. The smallest absolute Gasteiger partial charge is 0.257 e. The monoisotopic (exact) mass is 444 g/mol. The molecule has 0 fully saturated rings. The molecule has 0 bridgehead atoms. The molecule has 2 amide bonds. The highest BCUT2D eigenvalue weighted by molar-refractivity contribution is 6.38. The fraction of sp³-hybridized carbons (Fsp3) is 0.0909.